The van der Waals surface area contributed by atoms with E-state index in [-0.39, 0.29) is 5.91 Å². The zero-order chi connectivity index (χ0) is 14.5. The van der Waals surface area contributed by atoms with Gasteiger partial charge in [-0.1, -0.05) is 36.7 Å². The fourth-order valence-corrected chi connectivity index (χ4v) is 3.70. The third kappa shape index (κ3) is 6.26. The summed E-state index contributed by atoms with van der Waals surface area (Å²) < 4.78 is 0. The highest BCUT2D eigenvalue weighted by atomic mass is 79.9. The molecule has 4 heteroatoms. The van der Waals surface area contributed by atoms with Crippen LogP contribution in [0.2, 0.25) is 0 Å². The van der Waals surface area contributed by atoms with Crippen molar-refractivity contribution >= 4 is 21.8 Å². The number of likely N-dealkylation sites (tertiary alicyclic amines) is 1. The molecule has 0 aliphatic carbocycles. The standard InChI is InChI=1S/C15H29BrN2O/c1-12(19)17-10-13-5-7-18(8-6-13)11-14(9-16)15(2,3)4/h13-14H,5-11H2,1-4H3,(H,17,19). The number of hydrogen-bond acceptors (Lipinski definition) is 2. The fraction of sp³-hybridized carbons (Fsp3) is 0.933. The maximum Gasteiger partial charge on any atom is 0.216 e. The van der Waals surface area contributed by atoms with Gasteiger partial charge in [0.1, 0.15) is 0 Å². The highest BCUT2D eigenvalue weighted by Gasteiger charge is 2.27. The summed E-state index contributed by atoms with van der Waals surface area (Å²) in [5, 5.41) is 4.01. The highest BCUT2D eigenvalue weighted by molar-refractivity contribution is 9.09. The average Bonchev–Trinajstić information content (AvgIpc) is 2.33. The third-order valence-electron chi connectivity index (χ3n) is 4.24. The van der Waals surface area contributed by atoms with E-state index in [1.807, 2.05) is 0 Å². The lowest BCUT2D eigenvalue weighted by Gasteiger charge is -2.38. The highest BCUT2D eigenvalue weighted by Crippen LogP contribution is 2.29. The third-order valence-corrected chi connectivity index (χ3v) is 5.02. The Morgan fingerprint density at radius 2 is 1.95 bits per heavy atom. The summed E-state index contributed by atoms with van der Waals surface area (Å²) in [6.45, 7) is 12.9. The molecule has 1 aliphatic rings. The summed E-state index contributed by atoms with van der Waals surface area (Å²) in [5.41, 5.74) is 0.358. The van der Waals surface area contributed by atoms with Crippen LogP contribution >= 0.6 is 15.9 Å². The molecule has 0 spiro atoms. The Morgan fingerprint density at radius 1 is 1.37 bits per heavy atom. The summed E-state index contributed by atoms with van der Waals surface area (Å²) in [6.07, 6.45) is 2.42. The van der Waals surface area contributed by atoms with E-state index in [9.17, 15) is 4.79 Å². The van der Waals surface area contributed by atoms with Gasteiger partial charge in [-0.05, 0) is 43.2 Å². The van der Waals surface area contributed by atoms with E-state index in [4.69, 9.17) is 0 Å². The van der Waals surface area contributed by atoms with Crippen molar-refractivity contribution in [2.24, 2.45) is 17.3 Å². The number of alkyl halides is 1. The van der Waals surface area contributed by atoms with Crippen LogP contribution in [0.15, 0.2) is 0 Å². The quantitative estimate of drug-likeness (QED) is 0.785. The van der Waals surface area contributed by atoms with Crippen LogP contribution in [0.25, 0.3) is 0 Å². The molecule has 1 amide bonds. The number of rotatable bonds is 5. The Morgan fingerprint density at radius 3 is 2.37 bits per heavy atom. The minimum Gasteiger partial charge on any atom is -0.356 e. The first kappa shape index (κ1) is 17.0. The van der Waals surface area contributed by atoms with Gasteiger partial charge in [0.2, 0.25) is 5.91 Å². The van der Waals surface area contributed by atoms with Gasteiger partial charge >= 0.3 is 0 Å². The molecular weight excluding hydrogens is 304 g/mol. The van der Waals surface area contributed by atoms with E-state index >= 15 is 0 Å². The second-order valence-electron chi connectivity index (χ2n) is 6.90. The van der Waals surface area contributed by atoms with Gasteiger partial charge in [0, 0.05) is 25.3 Å². The van der Waals surface area contributed by atoms with Crippen LogP contribution in [0.1, 0.15) is 40.5 Å². The number of halogens is 1. The second kappa shape index (κ2) is 7.63. The van der Waals surface area contributed by atoms with Crippen LogP contribution in [-0.2, 0) is 4.79 Å². The van der Waals surface area contributed by atoms with Gasteiger partial charge < -0.3 is 10.2 Å². The predicted molar refractivity (Wildman–Crippen MR) is 84.6 cm³/mol. The normalized spacial score (nSPS) is 20.3. The number of piperidine rings is 1. The second-order valence-corrected chi connectivity index (χ2v) is 7.55. The smallest absolute Gasteiger partial charge is 0.216 e. The molecule has 1 atom stereocenters. The van der Waals surface area contributed by atoms with Crippen molar-refractivity contribution in [1.29, 1.82) is 0 Å². The molecule has 1 heterocycles. The van der Waals surface area contributed by atoms with Crippen LogP contribution in [-0.4, -0.2) is 42.3 Å². The monoisotopic (exact) mass is 332 g/mol. The number of carbonyl (C=O) groups excluding carboxylic acids is 1. The number of nitrogens with one attached hydrogen (secondary N) is 1. The van der Waals surface area contributed by atoms with Gasteiger partial charge in [-0.25, -0.2) is 0 Å². The molecule has 1 fully saturated rings. The van der Waals surface area contributed by atoms with Gasteiger partial charge in [-0.3, -0.25) is 4.79 Å². The molecule has 1 saturated heterocycles. The maximum absolute atomic E-state index is 10.9. The maximum atomic E-state index is 10.9. The molecule has 1 N–H and O–H groups in total. The van der Waals surface area contributed by atoms with Gasteiger partial charge in [-0.15, -0.1) is 0 Å². The van der Waals surface area contributed by atoms with Crippen LogP contribution in [0.5, 0.6) is 0 Å². The van der Waals surface area contributed by atoms with E-state index in [0.29, 0.717) is 17.3 Å². The first-order chi connectivity index (χ1) is 8.82. The molecule has 1 unspecified atom stereocenters. The summed E-state index contributed by atoms with van der Waals surface area (Å²) in [6, 6.07) is 0. The average molecular weight is 333 g/mol. The Hall–Kier alpha value is -0.0900. The van der Waals surface area contributed by atoms with Crippen molar-refractivity contribution in [3.05, 3.63) is 0 Å². The Balaban J connectivity index is 2.31. The van der Waals surface area contributed by atoms with E-state index in [2.05, 4.69) is 46.9 Å². The Bertz CT molecular complexity index is 280. The topological polar surface area (TPSA) is 32.3 Å². The van der Waals surface area contributed by atoms with Crippen LogP contribution in [0.4, 0.5) is 0 Å². The number of carbonyl (C=O) groups is 1. The first-order valence-electron chi connectivity index (χ1n) is 7.35. The lowest BCUT2D eigenvalue weighted by atomic mass is 9.81. The van der Waals surface area contributed by atoms with E-state index in [1.165, 1.54) is 32.5 Å². The predicted octanol–water partition coefficient (Wildman–Crippen LogP) is 2.89. The zero-order valence-corrected chi connectivity index (χ0v) is 14.4. The molecule has 0 aromatic rings. The largest absolute Gasteiger partial charge is 0.356 e. The molecule has 0 saturated carbocycles. The first-order valence-corrected chi connectivity index (χ1v) is 8.48. The van der Waals surface area contributed by atoms with Crippen molar-refractivity contribution in [3.63, 3.8) is 0 Å². The van der Waals surface area contributed by atoms with Gasteiger partial charge in [0.25, 0.3) is 0 Å². The Labute approximate surface area is 126 Å². The van der Waals surface area contributed by atoms with E-state index < -0.39 is 0 Å². The lowest BCUT2D eigenvalue weighted by molar-refractivity contribution is -0.119. The van der Waals surface area contributed by atoms with Crippen LogP contribution in [0.3, 0.4) is 0 Å². The molecule has 0 bridgehead atoms. The zero-order valence-electron chi connectivity index (χ0n) is 12.8. The van der Waals surface area contributed by atoms with Crippen molar-refractivity contribution in [1.82, 2.24) is 10.2 Å². The summed E-state index contributed by atoms with van der Waals surface area (Å²) >= 11 is 3.66. The molecular formula is C15H29BrN2O. The molecule has 19 heavy (non-hydrogen) atoms. The van der Waals surface area contributed by atoms with Gasteiger partial charge in [0.15, 0.2) is 0 Å². The van der Waals surface area contributed by atoms with Gasteiger partial charge in [-0.2, -0.15) is 0 Å². The van der Waals surface area contributed by atoms with E-state index in [0.717, 1.165) is 11.9 Å². The molecule has 0 aromatic heterocycles. The summed E-state index contributed by atoms with van der Waals surface area (Å²) in [7, 11) is 0. The molecule has 112 valence electrons. The molecule has 0 aromatic carbocycles. The number of nitrogens with zero attached hydrogens (tertiary/aromatic N) is 1. The molecule has 0 radical (unpaired) electrons. The molecule has 1 aliphatic heterocycles. The van der Waals surface area contributed by atoms with Crippen molar-refractivity contribution in [2.45, 2.75) is 40.5 Å². The van der Waals surface area contributed by atoms with Gasteiger partial charge in [0.05, 0.1) is 0 Å². The Kier molecular flexibility index (Phi) is 6.81. The van der Waals surface area contributed by atoms with Crippen LogP contribution < -0.4 is 5.32 Å². The van der Waals surface area contributed by atoms with E-state index in [1.54, 1.807) is 6.92 Å². The summed E-state index contributed by atoms with van der Waals surface area (Å²) in [4.78, 5) is 13.5. The SMILES string of the molecule is CC(=O)NCC1CCN(CC(CBr)C(C)(C)C)CC1. The number of hydrogen-bond donors (Lipinski definition) is 1. The van der Waals surface area contributed by atoms with Crippen molar-refractivity contribution < 1.29 is 4.79 Å². The summed E-state index contributed by atoms with van der Waals surface area (Å²) in [5.74, 6) is 1.45. The minimum absolute atomic E-state index is 0.0921. The van der Waals surface area contributed by atoms with Crippen molar-refractivity contribution in [3.8, 4) is 0 Å². The fourth-order valence-electron chi connectivity index (χ4n) is 2.53. The van der Waals surface area contributed by atoms with Crippen LogP contribution in [0, 0.1) is 17.3 Å². The number of amides is 1. The minimum atomic E-state index is 0.0921. The van der Waals surface area contributed by atoms with Crippen molar-refractivity contribution in [2.75, 3.05) is 31.5 Å². The lowest BCUT2D eigenvalue weighted by Crippen LogP contribution is -2.42. The molecule has 1 rings (SSSR count). The molecule has 3 nitrogen and oxygen atoms in total.